The van der Waals surface area contributed by atoms with Gasteiger partial charge in [-0.15, -0.1) is 0 Å². The molecule has 0 fully saturated rings. The van der Waals surface area contributed by atoms with E-state index in [0.717, 1.165) is 5.56 Å². The number of nitrogens with zero attached hydrogens (tertiary/aromatic N) is 2. The van der Waals surface area contributed by atoms with Crippen LogP contribution in [0.5, 0.6) is 5.75 Å². The van der Waals surface area contributed by atoms with Crippen molar-refractivity contribution in [3.8, 4) is 5.75 Å². The third-order valence-corrected chi connectivity index (χ3v) is 6.29. The molecule has 3 aromatic rings. The Morgan fingerprint density at radius 2 is 1.78 bits per heavy atom. The number of anilines is 2. The van der Waals surface area contributed by atoms with Gasteiger partial charge in [0.2, 0.25) is 5.91 Å². The summed E-state index contributed by atoms with van der Waals surface area (Å²) < 4.78 is 8.82. The van der Waals surface area contributed by atoms with Gasteiger partial charge in [-0.1, -0.05) is 37.3 Å². The molecule has 12 heteroatoms. The molecular formula is C25H27N5O6S. The predicted octanol–water partition coefficient (Wildman–Crippen LogP) is 2.16. The number of primary amides is 1. The Labute approximate surface area is 217 Å². The summed E-state index contributed by atoms with van der Waals surface area (Å²) in [6, 6.07) is 11.4. The predicted molar refractivity (Wildman–Crippen MR) is 138 cm³/mol. The molecule has 3 rings (SSSR count). The number of aryl methyl sites for hydroxylation is 1. The highest BCUT2D eigenvalue weighted by molar-refractivity contribution is 7.09. The minimum atomic E-state index is -1.30. The summed E-state index contributed by atoms with van der Waals surface area (Å²) in [5.74, 6) is -2.97. The number of benzene rings is 2. The Balaban J connectivity index is 2.20. The molecule has 3 amide bonds. The topological polar surface area (TPSA) is 178 Å². The van der Waals surface area contributed by atoms with Gasteiger partial charge >= 0.3 is 5.97 Å². The van der Waals surface area contributed by atoms with Crippen molar-refractivity contribution in [1.29, 1.82) is 0 Å². The van der Waals surface area contributed by atoms with Crippen molar-refractivity contribution in [3.05, 3.63) is 70.2 Å². The van der Waals surface area contributed by atoms with E-state index in [4.69, 9.17) is 16.2 Å². The molecule has 0 saturated heterocycles. The van der Waals surface area contributed by atoms with Crippen molar-refractivity contribution >= 4 is 46.6 Å². The second-order valence-corrected chi connectivity index (χ2v) is 8.59. The number of ether oxygens (including phenoxy) is 1. The zero-order chi connectivity index (χ0) is 27.1. The van der Waals surface area contributed by atoms with Crippen LogP contribution in [0.15, 0.2) is 48.5 Å². The van der Waals surface area contributed by atoms with Gasteiger partial charge in [0.15, 0.2) is 5.69 Å². The lowest BCUT2D eigenvalue weighted by Crippen LogP contribution is -2.45. The second kappa shape index (κ2) is 12.0. The van der Waals surface area contributed by atoms with Gasteiger partial charge in [-0.3, -0.25) is 24.1 Å². The quantitative estimate of drug-likeness (QED) is 0.291. The van der Waals surface area contributed by atoms with Crippen LogP contribution >= 0.6 is 11.5 Å². The Morgan fingerprint density at radius 1 is 1.11 bits per heavy atom. The van der Waals surface area contributed by atoms with E-state index in [1.54, 1.807) is 25.1 Å². The van der Waals surface area contributed by atoms with Gasteiger partial charge in [0.25, 0.3) is 11.8 Å². The molecule has 194 valence electrons. The number of phenols is 1. The maximum Gasteiger partial charge on any atom is 0.325 e. The van der Waals surface area contributed by atoms with Crippen LogP contribution < -0.4 is 21.7 Å². The van der Waals surface area contributed by atoms with E-state index in [9.17, 15) is 24.3 Å². The number of phenolic OH excluding ortho intramolecular Hbond substituents is 1. The summed E-state index contributed by atoms with van der Waals surface area (Å²) in [5, 5.41) is 12.3. The molecule has 2 aromatic carbocycles. The minimum absolute atomic E-state index is 0.0425. The standard InChI is InChI=1S/C25H27N5O6S/c1-3-14-7-5-6-8-17(14)30(25(35)22-19(26)20(23(27)33)29-37-22)21(15-9-11-16(31)12-10-15)24(34)28-13-18(32)36-4-2/h5-12,21,31H,3-4,13,26H2,1-2H3,(H2,27,33)(H,28,34)/t21-/m1/s1. The molecule has 11 nitrogen and oxygen atoms in total. The fraction of sp³-hybridized carbons (Fsp3) is 0.240. The molecule has 0 unspecified atom stereocenters. The van der Waals surface area contributed by atoms with E-state index < -0.39 is 36.3 Å². The lowest BCUT2D eigenvalue weighted by atomic mass is 10.00. The highest BCUT2D eigenvalue weighted by Gasteiger charge is 2.37. The van der Waals surface area contributed by atoms with Crippen LogP contribution in [0.4, 0.5) is 11.4 Å². The Bertz CT molecular complexity index is 1310. The Morgan fingerprint density at radius 3 is 2.38 bits per heavy atom. The van der Waals surface area contributed by atoms with E-state index in [-0.39, 0.29) is 28.6 Å². The maximum absolute atomic E-state index is 14.0. The number of para-hydroxylation sites is 1. The van der Waals surface area contributed by atoms with E-state index in [1.165, 1.54) is 29.2 Å². The molecule has 0 aliphatic carbocycles. The molecule has 0 spiro atoms. The van der Waals surface area contributed by atoms with Crippen LogP contribution in [0, 0.1) is 0 Å². The number of hydrogen-bond donors (Lipinski definition) is 4. The molecule has 6 N–H and O–H groups in total. The SMILES string of the molecule is CCOC(=O)CNC(=O)[C@@H](c1ccc(O)cc1)N(C(=O)c1snc(C(N)=O)c1N)c1ccccc1CC. The number of esters is 1. The number of hydrogen-bond acceptors (Lipinski definition) is 9. The molecule has 0 bridgehead atoms. The third kappa shape index (κ3) is 6.04. The first-order valence-electron chi connectivity index (χ1n) is 11.4. The number of aromatic hydroxyl groups is 1. The fourth-order valence-electron chi connectivity index (χ4n) is 3.69. The molecule has 0 aliphatic heterocycles. The largest absolute Gasteiger partial charge is 0.508 e. The van der Waals surface area contributed by atoms with Crippen molar-refractivity contribution in [2.45, 2.75) is 26.3 Å². The first-order chi connectivity index (χ1) is 17.7. The average molecular weight is 526 g/mol. The van der Waals surface area contributed by atoms with E-state index in [1.807, 2.05) is 13.0 Å². The van der Waals surface area contributed by atoms with Crippen LogP contribution in [0.1, 0.15) is 51.2 Å². The number of carbonyl (C=O) groups excluding carboxylic acids is 4. The van der Waals surface area contributed by atoms with E-state index >= 15 is 0 Å². The number of carbonyl (C=O) groups is 4. The van der Waals surface area contributed by atoms with Gasteiger partial charge in [-0.05, 0) is 54.2 Å². The van der Waals surface area contributed by atoms with Crippen molar-refractivity contribution in [3.63, 3.8) is 0 Å². The Hall–Kier alpha value is -4.45. The number of nitrogens with one attached hydrogen (secondary N) is 1. The molecule has 0 aliphatic rings. The smallest absolute Gasteiger partial charge is 0.325 e. The molecule has 1 heterocycles. The highest BCUT2D eigenvalue weighted by atomic mass is 32.1. The Kier molecular flexibility index (Phi) is 8.80. The third-order valence-electron chi connectivity index (χ3n) is 5.43. The van der Waals surface area contributed by atoms with Gasteiger partial charge in [0, 0.05) is 5.69 Å². The zero-order valence-electron chi connectivity index (χ0n) is 20.3. The van der Waals surface area contributed by atoms with Crippen molar-refractivity contribution in [2.24, 2.45) is 5.73 Å². The normalized spacial score (nSPS) is 11.4. The van der Waals surface area contributed by atoms with Crippen molar-refractivity contribution in [1.82, 2.24) is 9.69 Å². The number of amides is 3. The van der Waals surface area contributed by atoms with Crippen LogP contribution in [-0.2, 0) is 20.7 Å². The second-order valence-electron chi connectivity index (χ2n) is 7.81. The molecule has 1 aromatic heterocycles. The maximum atomic E-state index is 14.0. The first-order valence-corrected chi connectivity index (χ1v) is 12.2. The minimum Gasteiger partial charge on any atom is -0.508 e. The number of rotatable bonds is 10. The van der Waals surface area contributed by atoms with Gasteiger partial charge in [0.05, 0.1) is 12.3 Å². The van der Waals surface area contributed by atoms with Gasteiger partial charge in [-0.2, -0.15) is 4.37 Å². The summed E-state index contributed by atoms with van der Waals surface area (Å²) in [6.45, 7) is 3.25. The molecular weight excluding hydrogens is 498 g/mol. The molecule has 1 atom stereocenters. The summed E-state index contributed by atoms with van der Waals surface area (Å²) >= 11 is 0.688. The average Bonchev–Trinajstić information content (AvgIpc) is 3.28. The molecule has 37 heavy (non-hydrogen) atoms. The summed E-state index contributed by atoms with van der Waals surface area (Å²) in [5.41, 5.74) is 12.5. The summed E-state index contributed by atoms with van der Waals surface area (Å²) in [7, 11) is 0. The lowest BCUT2D eigenvalue weighted by molar-refractivity contribution is -0.143. The lowest BCUT2D eigenvalue weighted by Gasteiger charge is -2.32. The zero-order valence-corrected chi connectivity index (χ0v) is 21.1. The van der Waals surface area contributed by atoms with Crippen LogP contribution in [0.25, 0.3) is 0 Å². The van der Waals surface area contributed by atoms with Gasteiger partial charge < -0.3 is 26.6 Å². The number of nitrogen functional groups attached to an aromatic ring is 1. The summed E-state index contributed by atoms with van der Waals surface area (Å²) in [6.07, 6.45) is 0.525. The van der Waals surface area contributed by atoms with Gasteiger partial charge in [-0.25, -0.2) is 0 Å². The van der Waals surface area contributed by atoms with E-state index in [0.29, 0.717) is 29.2 Å². The first kappa shape index (κ1) is 27.1. The molecule has 0 saturated carbocycles. The molecule has 0 radical (unpaired) electrons. The van der Waals surface area contributed by atoms with E-state index in [2.05, 4.69) is 9.69 Å². The van der Waals surface area contributed by atoms with Crippen LogP contribution in [0.3, 0.4) is 0 Å². The highest BCUT2D eigenvalue weighted by Crippen LogP contribution is 2.35. The number of aromatic nitrogens is 1. The fourth-order valence-corrected chi connectivity index (χ4v) is 4.43. The monoisotopic (exact) mass is 525 g/mol. The van der Waals surface area contributed by atoms with Crippen molar-refractivity contribution in [2.75, 3.05) is 23.8 Å². The summed E-state index contributed by atoms with van der Waals surface area (Å²) in [4.78, 5) is 52.5. The van der Waals surface area contributed by atoms with Crippen LogP contribution in [0.2, 0.25) is 0 Å². The number of nitrogens with two attached hydrogens (primary N) is 2. The van der Waals surface area contributed by atoms with Crippen LogP contribution in [-0.4, -0.2) is 46.3 Å². The van der Waals surface area contributed by atoms with Gasteiger partial charge in [0.1, 0.15) is 23.2 Å². The van der Waals surface area contributed by atoms with Crippen molar-refractivity contribution < 1.29 is 29.0 Å².